The molecule has 2 fully saturated rings. The van der Waals surface area contributed by atoms with E-state index >= 15 is 4.39 Å². The number of nitrogen functional groups attached to an aromatic ring is 1. The molecule has 0 bridgehead atoms. The molecule has 6 rings (SSSR count). The summed E-state index contributed by atoms with van der Waals surface area (Å²) in [5.74, 6) is -1.07. The highest BCUT2D eigenvalue weighted by atomic mass is 35.5. The topological polar surface area (TPSA) is 117 Å². The number of alkyl halides is 1. The minimum absolute atomic E-state index is 0.0426. The van der Waals surface area contributed by atoms with Crippen LogP contribution in [0.2, 0.25) is 5.02 Å². The van der Waals surface area contributed by atoms with Gasteiger partial charge in [0.05, 0.1) is 45.5 Å². The van der Waals surface area contributed by atoms with Gasteiger partial charge in [0.2, 0.25) is 11.9 Å². The van der Waals surface area contributed by atoms with Crippen LogP contribution >= 0.6 is 11.6 Å². The molecule has 9 nitrogen and oxygen atoms in total. The minimum Gasteiger partial charge on any atom is -0.397 e. The van der Waals surface area contributed by atoms with Crippen LogP contribution in [0, 0.1) is 11.7 Å². The number of pyridine rings is 1. The van der Waals surface area contributed by atoms with Gasteiger partial charge in [-0.25, -0.2) is 23.7 Å². The van der Waals surface area contributed by atoms with Gasteiger partial charge >= 0.3 is 0 Å². The fourth-order valence-electron chi connectivity index (χ4n) is 5.11. The maximum atomic E-state index is 15.4. The first-order valence-corrected chi connectivity index (χ1v) is 12.6. The van der Waals surface area contributed by atoms with Crippen LogP contribution in [0.25, 0.3) is 0 Å². The van der Waals surface area contributed by atoms with Crippen molar-refractivity contribution in [1.29, 1.82) is 0 Å². The Balaban J connectivity index is 1.34. The Labute approximate surface area is 222 Å². The predicted molar refractivity (Wildman–Crippen MR) is 137 cm³/mol. The van der Waals surface area contributed by atoms with Crippen LogP contribution in [0.3, 0.4) is 0 Å². The van der Waals surface area contributed by atoms with Crippen LogP contribution in [0.1, 0.15) is 35.0 Å². The summed E-state index contributed by atoms with van der Waals surface area (Å²) in [5.41, 5.74) is 5.93. The zero-order valence-electron chi connectivity index (χ0n) is 20.4. The van der Waals surface area contributed by atoms with E-state index in [1.54, 1.807) is 36.1 Å². The quantitative estimate of drug-likeness (QED) is 0.511. The van der Waals surface area contributed by atoms with Crippen molar-refractivity contribution in [3.8, 4) is 0 Å². The van der Waals surface area contributed by atoms with Crippen LogP contribution in [0.5, 0.6) is 0 Å². The normalized spacial score (nSPS) is 24.6. The SMILES string of the molecule is CC1(c2cccc(Cl)c2F)CN(c2ccc(N)cn2)C(=O)c2cnc(NC3CN(C(=O)[C@@H]4C[C@@H]4F)C3)nc21. The molecule has 2 aromatic heterocycles. The third kappa shape index (κ3) is 4.01. The van der Waals surface area contributed by atoms with E-state index in [2.05, 4.69) is 20.3 Å². The minimum atomic E-state index is -1.11. The van der Waals surface area contributed by atoms with Crippen LogP contribution < -0.4 is 16.0 Å². The van der Waals surface area contributed by atoms with E-state index in [-0.39, 0.29) is 52.9 Å². The highest BCUT2D eigenvalue weighted by molar-refractivity contribution is 6.30. The predicted octanol–water partition coefficient (Wildman–Crippen LogP) is 3.19. The summed E-state index contributed by atoms with van der Waals surface area (Å²) in [6.45, 7) is 2.64. The molecule has 2 aliphatic heterocycles. The molecule has 3 aliphatic rings. The second kappa shape index (κ2) is 8.87. The second-order valence-corrected chi connectivity index (χ2v) is 10.6. The Bertz CT molecular complexity index is 1450. The first-order valence-electron chi connectivity index (χ1n) is 12.2. The van der Waals surface area contributed by atoms with Gasteiger partial charge in [0.25, 0.3) is 5.91 Å². The van der Waals surface area contributed by atoms with Gasteiger partial charge in [0.15, 0.2) is 0 Å². The summed E-state index contributed by atoms with van der Waals surface area (Å²) in [4.78, 5) is 42.1. The Hall–Kier alpha value is -3.86. The number of aromatic nitrogens is 3. The monoisotopic (exact) mass is 539 g/mol. The second-order valence-electron chi connectivity index (χ2n) is 10.2. The summed E-state index contributed by atoms with van der Waals surface area (Å²) in [6, 6.07) is 7.86. The summed E-state index contributed by atoms with van der Waals surface area (Å²) in [5, 5.41) is 3.14. The molecule has 12 heteroatoms. The van der Waals surface area contributed by atoms with Crippen molar-refractivity contribution < 1.29 is 18.4 Å². The molecule has 3 atom stereocenters. The average Bonchev–Trinajstić information content (AvgIpc) is 3.62. The Kier molecular flexibility index (Phi) is 5.71. The van der Waals surface area contributed by atoms with E-state index < -0.39 is 23.3 Å². The number of amides is 2. The molecule has 3 aromatic rings. The van der Waals surface area contributed by atoms with Crippen LogP contribution in [-0.2, 0) is 10.2 Å². The summed E-state index contributed by atoms with van der Waals surface area (Å²) in [7, 11) is 0. The summed E-state index contributed by atoms with van der Waals surface area (Å²) < 4.78 is 28.6. The zero-order chi connectivity index (χ0) is 26.8. The largest absolute Gasteiger partial charge is 0.397 e. The van der Waals surface area contributed by atoms with E-state index in [0.29, 0.717) is 30.3 Å². The maximum Gasteiger partial charge on any atom is 0.262 e. The maximum absolute atomic E-state index is 15.4. The highest BCUT2D eigenvalue weighted by Gasteiger charge is 2.49. The van der Waals surface area contributed by atoms with Crippen LogP contribution in [0.15, 0.2) is 42.7 Å². The fraction of sp³-hybridized carbons (Fsp3) is 0.346. The molecule has 0 spiro atoms. The van der Waals surface area contributed by atoms with Gasteiger partial charge in [-0.1, -0.05) is 23.7 Å². The third-order valence-corrected chi connectivity index (χ3v) is 7.70. The highest BCUT2D eigenvalue weighted by Crippen LogP contribution is 2.42. The average molecular weight is 540 g/mol. The number of fused-ring (bicyclic) bond motifs is 1. The number of carbonyl (C=O) groups is 2. The van der Waals surface area contributed by atoms with Crippen molar-refractivity contribution in [2.45, 2.75) is 31.0 Å². The van der Waals surface area contributed by atoms with Crippen LogP contribution in [-0.4, -0.2) is 63.5 Å². The van der Waals surface area contributed by atoms with Crippen molar-refractivity contribution >= 4 is 40.9 Å². The zero-order valence-corrected chi connectivity index (χ0v) is 21.1. The van der Waals surface area contributed by atoms with E-state index in [1.165, 1.54) is 23.4 Å². The number of nitrogens with zero attached hydrogens (tertiary/aromatic N) is 5. The first kappa shape index (κ1) is 24.5. The molecule has 3 N–H and O–H groups in total. The van der Waals surface area contributed by atoms with Crippen molar-refractivity contribution in [2.75, 3.05) is 35.6 Å². The first-order chi connectivity index (χ1) is 18.2. The number of halogens is 3. The number of nitrogens with one attached hydrogen (secondary N) is 1. The molecule has 4 heterocycles. The van der Waals surface area contributed by atoms with Gasteiger partial charge in [-0.3, -0.25) is 14.5 Å². The Morgan fingerprint density at radius 1 is 1.21 bits per heavy atom. The van der Waals surface area contributed by atoms with Crippen LogP contribution in [0.4, 0.5) is 26.2 Å². The molecular formula is C26H24ClF2N7O2. The number of benzene rings is 1. The van der Waals surface area contributed by atoms with Gasteiger partial charge in [-0.15, -0.1) is 0 Å². The lowest BCUT2D eigenvalue weighted by Gasteiger charge is -2.42. The summed E-state index contributed by atoms with van der Waals surface area (Å²) in [6.07, 6.45) is 2.11. The lowest BCUT2D eigenvalue weighted by atomic mass is 9.74. The molecule has 1 aliphatic carbocycles. The van der Waals surface area contributed by atoms with Crippen molar-refractivity contribution in [1.82, 2.24) is 19.9 Å². The van der Waals surface area contributed by atoms with E-state index in [1.807, 2.05) is 0 Å². The van der Waals surface area contributed by atoms with E-state index in [9.17, 15) is 14.0 Å². The van der Waals surface area contributed by atoms with Crippen molar-refractivity contribution in [3.05, 3.63) is 70.4 Å². The van der Waals surface area contributed by atoms with Crippen molar-refractivity contribution in [3.63, 3.8) is 0 Å². The van der Waals surface area contributed by atoms with Crippen molar-refractivity contribution in [2.24, 2.45) is 5.92 Å². The smallest absolute Gasteiger partial charge is 0.262 e. The molecule has 0 radical (unpaired) electrons. The molecule has 1 saturated heterocycles. The molecular weight excluding hydrogens is 516 g/mol. The number of hydrogen-bond donors (Lipinski definition) is 2. The number of likely N-dealkylation sites (tertiary alicyclic amines) is 1. The standard InChI is InChI=1S/C26H24ClF2N7O2/c1-26(17-3-2-4-18(27)21(17)29)12-36(20-6-5-13(30)8-31-20)24(38)16-9-32-25(34-22(16)26)33-14-10-35(11-14)23(37)15-7-19(15)28/h2-6,8-9,14-15,19H,7,10-12,30H2,1H3,(H,32,33,34)/t15-,19+,26?/m1/s1. The third-order valence-electron chi connectivity index (χ3n) is 7.41. The lowest BCUT2D eigenvalue weighted by Crippen LogP contribution is -2.57. The Morgan fingerprint density at radius 2 is 1.97 bits per heavy atom. The van der Waals surface area contributed by atoms with Gasteiger partial charge in [0.1, 0.15) is 17.8 Å². The Morgan fingerprint density at radius 3 is 2.66 bits per heavy atom. The number of rotatable bonds is 5. The fourth-order valence-corrected chi connectivity index (χ4v) is 5.28. The molecule has 1 saturated carbocycles. The van der Waals surface area contributed by atoms with Gasteiger partial charge in [-0.05, 0) is 31.5 Å². The van der Waals surface area contributed by atoms with Gasteiger partial charge < -0.3 is 16.0 Å². The molecule has 1 aromatic carbocycles. The number of hydrogen-bond acceptors (Lipinski definition) is 7. The van der Waals surface area contributed by atoms with E-state index in [0.717, 1.165) is 0 Å². The molecule has 1 unspecified atom stereocenters. The summed E-state index contributed by atoms with van der Waals surface area (Å²) >= 11 is 6.14. The number of nitrogens with two attached hydrogens (primary N) is 1. The lowest BCUT2D eigenvalue weighted by molar-refractivity contribution is -0.136. The molecule has 196 valence electrons. The van der Waals surface area contributed by atoms with Gasteiger partial charge in [0, 0.05) is 31.4 Å². The number of anilines is 3. The molecule has 38 heavy (non-hydrogen) atoms. The van der Waals surface area contributed by atoms with E-state index in [4.69, 9.17) is 17.3 Å². The molecule has 2 amide bonds. The number of carbonyl (C=O) groups excluding carboxylic acids is 2. The van der Waals surface area contributed by atoms with Gasteiger partial charge in [-0.2, -0.15) is 0 Å².